The molecule has 0 unspecified atom stereocenters. The molecule has 0 spiro atoms. The van der Waals surface area contributed by atoms with Gasteiger partial charge in [-0.3, -0.25) is 9.59 Å². The minimum absolute atomic E-state index is 0.135. The molecule has 1 aliphatic carbocycles. The van der Waals surface area contributed by atoms with E-state index in [-0.39, 0.29) is 24.8 Å². The minimum Gasteiger partial charge on any atom is -0.472 e. The first-order valence-corrected chi connectivity index (χ1v) is 9.13. The summed E-state index contributed by atoms with van der Waals surface area (Å²) in [5.41, 5.74) is 1.60. The van der Waals surface area contributed by atoms with Crippen LogP contribution >= 0.6 is 11.3 Å². The Morgan fingerprint density at radius 1 is 1.21 bits per heavy atom. The van der Waals surface area contributed by atoms with Gasteiger partial charge in [-0.15, -0.1) is 11.3 Å². The predicted molar refractivity (Wildman–Crippen MR) is 92.3 cm³/mol. The zero-order chi connectivity index (χ0) is 16.8. The van der Waals surface area contributed by atoms with Crippen molar-refractivity contribution in [1.82, 2.24) is 10.3 Å². The zero-order valence-electron chi connectivity index (χ0n) is 13.5. The summed E-state index contributed by atoms with van der Waals surface area (Å²) in [5, 5.41) is 6.21. The van der Waals surface area contributed by atoms with Gasteiger partial charge in [0.2, 0.25) is 5.91 Å². The lowest BCUT2D eigenvalue weighted by Gasteiger charge is -2.06. The first-order chi connectivity index (χ1) is 11.7. The van der Waals surface area contributed by atoms with E-state index in [1.807, 2.05) is 0 Å². The second-order valence-corrected chi connectivity index (χ2v) is 6.95. The summed E-state index contributed by atoms with van der Waals surface area (Å²) in [6, 6.07) is 1.58. The van der Waals surface area contributed by atoms with Gasteiger partial charge in [0.05, 0.1) is 17.5 Å². The molecule has 2 aromatic heterocycles. The average Bonchev–Trinajstić information content (AvgIpc) is 3.18. The number of nitrogens with one attached hydrogen (secondary N) is 2. The number of aryl methyl sites for hydroxylation is 2. The molecule has 6 nitrogen and oxygen atoms in total. The Morgan fingerprint density at radius 2 is 2.04 bits per heavy atom. The third kappa shape index (κ3) is 4.44. The monoisotopic (exact) mass is 347 g/mol. The standard InChI is InChI=1S/C17H21N3O3S/c21-15(7-9-18-16(22)12-8-10-23-11-12)20-17-19-13-5-3-1-2-4-6-14(13)24-17/h8,10-11H,1-7,9H2,(H,18,22)(H,19,20,21). The average molecular weight is 347 g/mol. The molecule has 0 atom stereocenters. The Hall–Kier alpha value is -2.15. The molecule has 2 heterocycles. The summed E-state index contributed by atoms with van der Waals surface area (Å²) >= 11 is 1.58. The van der Waals surface area contributed by atoms with Crippen molar-refractivity contribution >= 4 is 28.3 Å². The highest BCUT2D eigenvalue weighted by Gasteiger charge is 2.15. The van der Waals surface area contributed by atoms with Crippen LogP contribution in [0.15, 0.2) is 23.0 Å². The van der Waals surface area contributed by atoms with Crippen LogP contribution in [0.3, 0.4) is 0 Å². The number of anilines is 1. The van der Waals surface area contributed by atoms with Gasteiger partial charge < -0.3 is 15.1 Å². The molecule has 0 aromatic carbocycles. The molecule has 3 rings (SSSR count). The number of carbonyl (C=O) groups is 2. The van der Waals surface area contributed by atoms with E-state index in [1.54, 1.807) is 17.4 Å². The molecule has 0 radical (unpaired) electrons. The van der Waals surface area contributed by atoms with Crippen molar-refractivity contribution in [3.05, 3.63) is 34.7 Å². The topological polar surface area (TPSA) is 84.2 Å². The number of thiazole rings is 1. The Balaban J connectivity index is 1.46. The van der Waals surface area contributed by atoms with Crippen LogP contribution in [0.4, 0.5) is 5.13 Å². The van der Waals surface area contributed by atoms with Gasteiger partial charge in [-0.2, -0.15) is 0 Å². The number of furan rings is 1. The Kier molecular flexibility index (Phi) is 5.63. The largest absolute Gasteiger partial charge is 0.472 e. The van der Waals surface area contributed by atoms with Gasteiger partial charge in [-0.1, -0.05) is 12.8 Å². The van der Waals surface area contributed by atoms with Gasteiger partial charge in [0.1, 0.15) is 6.26 Å². The molecule has 128 valence electrons. The van der Waals surface area contributed by atoms with Crippen LogP contribution < -0.4 is 10.6 Å². The van der Waals surface area contributed by atoms with Crippen molar-refractivity contribution < 1.29 is 14.0 Å². The molecule has 1 aliphatic rings. The van der Waals surface area contributed by atoms with Crippen molar-refractivity contribution in [2.24, 2.45) is 0 Å². The third-order valence-electron chi connectivity index (χ3n) is 4.01. The third-order valence-corrected chi connectivity index (χ3v) is 5.09. The molecule has 24 heavy (non-hydrogen) atoms. The van der Waals surface area contributed by atoms with Gasteiger partial charge in [0.25, 0.3) is 5.91 Å². The number of rotatable bonds is 5. The molecule has 0 saturated heterocycles. The minimum atomic E-state index is -0.242. The summed E-state index contributed by atoms with van der Waals surface area (Å²) in [6.45, 7) is 0.279. The van der Waals surface area contributed by atoms with Gasteiger partial charge >= 0.3 is 0 Å². The van der Waals surface area contributed by atoms with Crippen LogP contribution in [-0.2, 0) is 17.6 Å². The number of nitrogens with zero attached hydrogens (tertiary/aromatic N) is 1. The van der Waals surface area contributed by atoms with E-state index >= 15 is 0 Å². The Bertz CT molecular complexity index is 669. The number of aromatic nitrogens is 1. The van der Waals surface area contributed by atoms with E-state index in [2.05, 4.69) is 15.6 Å². The van der Waals surface area contributed by atoms with Crippen molar-refractivity contribution in [2.75, 3.05) is 11.9 Å². The zero-order valence-corrected chi connectivity index (χ0v) is 14.3. The fraction of sp³-hybridized carbons (Fsp3) is 0.471. The van der Waals surface area contributed by atoms with Crippen LogP contribution in [0.2, 0.25) is 0 Å². The lowest BCUT2D eigenvalue weighted by atomic mass is 10.0. The van der Waals surface area contributed by atoms with Gasteiger partial charge in [-0.05, 0) is 31.7 Å². The van der Waals surface area contributed by atoms with Crippen LogP contribution in [0.5, 0.6) is 0 Å². The van der Waals surface area contributed by atoms with Crippen LogP contribution in [0.1, 0.15) is 53.0 Å². The molecule has 0 aliphatic heterocycles. The maximum absolute atomic E-state index is 12.0. The maximum atomic E-state index is 12.0. The molecule has 2 amide bonds. The smallest absolute Gasteiger partial charge is 0.254 e. The van der Waals surface area contributed by atoms with E-state index in [1.165, 1.54) is 43.1 Å². The summed E-state index contributed by atoms with van der Waals surface area (Å²) in [5.74, 6) is -0.377. The second kappa shape index (κ2) is 8.10. The number of carbonyl (C=O) groups excluding carboxylic acids is 2. The van der Waals surface area contributed by atoms with Gasteiger partial charge in [0, 0.05) is 17.8 Å². The lowest BCUT2D eigenvalue weighted by molar-refractivity contribution is -0.116. The molecular formula is C17H21N3O3S. The number of hydrogen-bond donors (Lipinski definition) is 2. The number of amides is 2. The quantitative estimate of drug-likeness (QED) is 0.870. The fourth-order valence-corrected chi connectivity index (χ4v) is 3.79. The van der Waals surface area contributed by atoms with Crippen molar-refractivity contribution in [1.29, 1.82) is 0 Å². The highest BCUT2D eigenvalue weighted by molar-refractivity contribution is 7.15. The molecule has 2 aromatic rings. The van der Waals surface area contributed by atoms with E-state index in [9.17, 15) is 9.59 Å². The van der Waals surface area contributed by atoms with Crippen molar-refractivity contribution in [3.63, 3.8) is 0 Å². The molecular weight excluding hydrogens is 326 g/mol. The maximum Gasteiger partial charge on any atom is 0.254 e. The predicted octanol–water partition coefficient (Wildman–Crippen LogP) is 3.15. The first-order valence-electron chi connectivity index (χ1n) is 8.31. The first kappa shape index (κ1) is 16.7. The van der Waals surface area contributed by atoms with Crippen LogP contribution in [0.25, 0.3) is 0 Å². The van der Waals surface area contributed by atoms with Gasteiger partial charge in [0.15, 0.2) is 5.13 Å². The molecule has 0 bridgehead atoms. The summed E-state index contributed by atoms with van der Waals surface area (Å²) in [4.78, 5) is 29.6. The van der Waals surface area contributed by atoms with Crippen LogP contribution in [0, 0.1) is 0 Å². The van der Waals surface area contributed by atoms with E-state index < -0.39 is 0 Å². The Morgan fingerprint density at radius 3 is 2.83 bits per heavy atom. The number of fused-ring (bicyclic) bond motifs is 1. The summed E-state index contributed by atoms with van der Waals surface area (Å²) in [6.07, 6.45) is 9.99. The highest BCUT2D eigenvalue weighted by atomic mass is 32.1. The highest BCUT2D eigenvalue weighted by Crippen LogP contribution is 2.28. The summed E-state index contributed by atoms with van der Waals surface area (Å²) < 4.78 is 4.85. The van der Waals surface area contributed by atoms with E-state index in [0.717, 1.165) is 18.5 Å². The molecule has 0 saturated carbocycles. The van der Waals surface area contributed by atoms with Crippen molar-refractivity contribution in [3.8, 4) is 0 Å². The normalized spacial score (nSPS) is 14.3. The fourth-order valence-electron chi connectivity index (χ4n) is 2.73. The SMILES string of the molecule is O=C(CCNC(=O)c1ccoc1)Nc1nc2c(s1)CCCCCC2. The molecule has 2 N–H and O–H groups in total. The van der Waals surface area contributed by atoms with Crippen molar-refractivity contribution in [2.45, 2.75) is 44.9 Å². The lowest BCUT2D eigenvalue weighted by Crippen LogP contribution is -2.27. The van der Waals surface area contributed by atoms with Gasteiger partial charge in [-0.25, -0.2) is 4.98 Å². The second-order valence-electron chi connectivity index (χ2n) is 5.87. The van der Waals surface area contributed by atoms with E-state index in [4.69, 9.17) is 4.42 Å². The molecule has 7 heteroatoms. The number of hydrogen-bond acceptors (Lipinski definition) is 5. The molecule has 0 fully saturated rings. The summed E-state index contributed by atoms with van der Waals surface area (Å²) in [7, 11) is 0. The van der Waals surface area contributed by atoms with Crippen LogP contribution in [-0.4, -0.2) is 23.3 Å². The van der Waals surface area contributed by atoms with E-state index in [0.29, 0.717) is 10.7 Å². The Labute approximate surface area is 144 Å².